The first-order valence-electron chi connectivity index (χ1n) is 10.8. The number of aromatic nitrogens is 3. The largest absolute Gasteiger partial charge is 0.396 e. The minimum absolute atomic E-state index is 0.0863. The standard InChI is InChI=1S/C23H27Cl2N7O2/c1-3-26-13-15-10-17(24)21(18(25)11-15)22(34)30-16-5-7-27-19(12-16)31-20-9-14(2)29-23(32-20)28-6-4-8-33/h5,7,9-12,26,33H,3-4,6,8,13H2,1-2H3,(H3,27,28,29,30,31,32,34). The van der Waals surface area contributed by atoms with E-state index >= 15 is 0 Å². The van der Waals surface area contributed by atoms with Gasteiger partial charge in [0.1, 0.15) is 11.6 Å². The Morgan fingerprint density at radius 2 is 1.85 bits per heavy atom. The number of halogens is 2. The van der Waals surface area contributed by atoms with Gasteiger partial charge in [-0.05, 0) is 43.7 Å². The predicted molar refractivity (Wildman–Crippen MR) is 136 cm³/mol. The third kappa shape index (κ3) is 7.26. The van der Waals surface area contributed by atoms with Gasteiger partial charge < -0.3 is 26.4 Å². The van der Waals surface area contributed by atoms with E-state index in [0.29, 0.717) is 42.8 Å². The smallest absolute Gasteiger partial charge is 0.258 e. The molecule has 180 valence electrons. The van der Waals surface area contributed by atoms with Crippen molar-refractivity contribution in [3.05, 3.63) is 63.4 Å². The van der Waals surface area contributed by atoms with Crippen molar-refractivity contribution in [2.45, 2.75) is 26.8 Å². The molecular formula is C23H27Cl2N7O2. The fourth-order valence-electron chi connectivity index (χ4n) is 3.11. The molecule has 0 fully saturated rings. The van der Waals surface area contributed by atoms with Crippen LogP contribution in [0.15, 0.2) is 36.5 Å². The van der Waals surface area contributed by atoms with E-state index in [1.807, 2.05) is 13.8 Å². The number of aliphatic hydroxyl groups is 1. The molecule has 3 rings (SSSR count). The van der Waals surface area contributed by atoms with Crippen LogP contribution in [0.5, 0.6) is 0 Å². The highest BCUT2D eigenvalue weighted by molar-refractivity contribution is 6.40. The molecule has 0 radical (unpaired) electrons. The highest BCUT2D eigenvalue weighted by atomic mass is 35.5. The number of rotatable bonds is 11. The molecule has 11 heteroatoms. The molecule has 2 aromatic heterocycles. The Morgan fingerprint density at radius 1 is 1.09 bits per heavy atom. The minimum atomic E-state index is -0.421. The second-order valence-corrected chi connectivity index (χ2v) is 8.26. The van der Waals surface area contributed by atoms with Crippen LogP contribution in [-0.4, -0.2) is 45.7 Å². The maximum Gasteiger partial charge on any atom is 0.258 e. The Labute approximate surface area is 208 Å². The van der Waals surface area contributed by atoms with Gasteiger partial charge in [-0.3, -0.25) is 4.79 Å². The highest BCUT2D eigenvalue weighted by Crippen LogP contribution is 2.28. The summed E-state index contributed by atoms with van der Waals surface area (Å²) in [4.78, 5) is 25.9. The number of pyridine rings is 1. The van der Waals surface area contributed by atoms with E-state index in [1.165, 1.54) is 0 Å². The zero-order valence-corrected chi connectivity index (χ0v) is 20.5. The minimum Gasteiger partial charge on any atom is -0.396 e. The first kappa shape index (κ1) is 25.6. The van der Waals surface area contributed by atoms with Crippen LogP contribution in [0.3, 0.4) is 0 Å². The average molecular weight is 504 g/mol. The molecule has 1 aromatic carbocycles. The van der Waals surface area contributed by atoms with Crippen molar-refractivity contribution in [1.29, 1.82) is 0 Å². The van der Waals surface area contributed by atoms with E-state index in [2.05, 4.69) is 36.2 Å². The number of hydrogen-bond acceptors (Lipinski definition) is 8. The number of nitrogens with one attached hydrogen (secondary N) is 4. The fraction of sp³-hybridized carbons (Fsp3) is 0.304. The van der Waals surface area contributed by atoms with Crippen LogP contribution < -0.4 is 21.3 Å². The molecule has 3 aromatic rings. The van der Waals surface area contributed by atoms with E-state index in [0.717, 1.165) is 17.8 Å². The number of aliphatic hydroxyl groups excluding tert-OH is 1. The van der Waals surface area contributed by atoms with Crippen molar-refractivity contribution in [2.75, 3.05) is 35.6 Å². The van der Waals surface area contributed by atoms with Crippen molar-refractivity contribution in [3.63, 3.8) is 0 Å². The van der Waals surface area contributed by atoms with Gasteiger partial charge in [-0.2, -0.15) is 4.98 Å². The lowest BCUT2D eigenvalue weighted by molar-refractivity contribution is 0.102. The normalized spacial score (nSPS) is 10.7. The molecular weight excluding hydrogens is 477 g/mol. The number of amides is 1. The molecule has 0 spiro atoms. The number of nitrogens with zero attached hydrogens (tertiary/aromatic N) is 3. The summed E-state index contributed by atoms with van der Waals surface area (Å²) in [5, 5.41) is 21.7. The average Bonchev–Trinajstić information content (AvgIpc) is 2.77. The Bertz CT molecular complexity index is 1120. The van der Waals surface area contributed by atoms with Crippen molar-refractivity contribution >= 4 is 52.4 Å². The molecule has 34 heavy (non-hydrogen) atoms. The topological polar surface area (TPSA) is 124 Å². The van der Waals surface area contributed by atoms with Gasteiger partial charge in [0.15, 0.2) is 0 Å². The molecule has 0 saturated carbocycles. The summed E-state index contributed by atoms with van der Waals surface area (Å²) in [6.07, 6.45) is 2.16. The number of carbonyl (C=O) groups excluding carboxylic acids is 1. The molecule has 2 heterocycles. The first-order chi connectivity index (χ1) is 16.4. The van der Waals surface area contributed by atoms with Crippen molar-refractivity contribution in [2.24, 2.45) is 0 Å². The van der Waals surface area contributed by atoms with Crippen LogP contribution in [0.4, 0.5) is 23.3 Å². The summed E-state index contributed by atoms with van der Waals surface area (Å²) in [7, 11) is 0. The first-order valence-corrected chi connectivity index (χ1v) is 11.6. The lowest BCUT2D eigenvalue weighted by Gasteiger charge is -2.12. The molecule has 0 saturated heterocycles. The van der Waals surface area contributed by atoms with Gasteiger partial charge in [0.2, 0.25) is 5.95 Å². The van der Waals surface area contributed by atoms with Crippen LogP contribution in [0, 0.1) is 6.92 Å². The lowest BCUT2D eigenvalue weighted by atomic mass is 10.1. The van der Waals surface area contributed by atoms with E-state index < -0.39 is 5.91 Å². The summed E-state index contributed by atoms with van der Waals surface area (Å²) >= 11 is 12.7. The number of anilines is 4. The number of benzene rings is 1. The second-order valence-electron chi connectivity index (χ2n) is 7.45. The van der Waals surface area contributed by atoms with E-state index in [-0.39, 0.29) is 22.2 Å². The van der Waals surface area contributed by atoms with Crippen LogP contribution in [-0.2, 0) is 6.54 Å². The van der Waals surface area contributed by atoms with E-state index in [9.17, 15) is 4.79 Å². The summed E-state index contributed by atoms with van der Waals surface area (Å²) in [6.45, 7) is 5.92. The SMILES string of the molecule is CCNCc1cc(Cl)c(C(=O)Nc2ccnc(Nc3cc(C)nc(NCCCO)n3)c2)c(Cl)c1. The van der Waals surface area contributed by atoms with Crippen LogP contribution in [0.2, 0.25) is 10.0 Å². The fourth-order valence-corrected chi connectivity index (χ4v) is 3.81. The van der Waals surface area contributed by atoms with Gasteiger partial charge in [-0.25, -0.2) is 9.97 Å². The monoisotopic (exact) mass is 503 g/mol. The number of carbonyl (C=O) groups is 1. The van der Waals surface area contributed by atoms with E-state index in [4.69, 9.17) is 28.3 Å². The van der Waals surface area contributed by atoms with Gasteiger partial charge in [0.25, 0.3) is 5.91 Å². The zero-order chi connectivity index (χ0) is 24.5. The second kappa shape index (κ2) is 12.5. The Morgan fingerprint density at radius 3 is 2.56 bits per heavy atom. The number of hydrogen-bond donors (Lipinski definition) is 5. The quantitative estimate of drug-likeness (QED) is 0.244. The number of aryl methyl sites for hydroxylation is 1. The maximum absolute atomic E-state index is 12.9. The predicted octanol–water partition coefficient (Wildman–Crippen LogP) is 4.39. The van der Waals surface area contributed by atoms with Gasteiger partial charge in [0, 0.05) is 49.4 Å². The summed E-state index contributed by atoms with van der Waals surface area (Å²) in [5.74, 6) is 1.05. The third-order valence-electron chi connectivity index (χ3n) is 4.65. The van der Waals surface area contributed by atoms with Gasteiger partial charge in [-0.15, -0.1) is 0 Å². The van der Waals surface area contributed by atoms with Crippen LogP contribution in [0.1, 0.15) is 35.0 Å². The summed E-state index contributed by atoms with van der Waals surface area (Å²) in [5.41, 5.74) is 2.38. The molecule has 0 atom stereocenters. The summed E-state index contributed by atoms with van der Waals surface area (Å²) < 4.78 is 0. The molecule has 0 aliphatic heterocycles. The highest BCUT2D eigenvalue weighted by Gasteiger charge is 2.17. The lowest BCUT2D eigenvalue weighted by Crippen LogP contribution is -2.15. The van der Waals surface area contributed by atoms with E-state index in [1.54, 1.807) is 36.5 Å². The maximum atomic E-state index is 12.9. The molecule has 1 amide bonds. The van der Waals surface area contributed by atoms with Gasteiger partial charge in [0.05, 0.1) is 15.6 Å². The Balaban J connectivity index is 1.72. The van der Waals surface area contributed by atoms with Crippen molar-refractivity contribution < 1.29 is 9.90 Å². The molecule has 0 aliphatic rings. The van der Waals surface area contributed by atoms with Gasteiger partial charge in [-0.1, -0.05) is 30.1 Å². The van der Waals surface area contributed by atoms with Crippen LogP contribution in [0.25, 0.3) is 0 Å². The Hall–Kier alpha value is -2.98. The van der Waals surface area contributed by atoms with Crippen LogP contribution >= 0.6 is 23.2 Å². The molecule has 0 unspecified atom stereocenters. The van der Waals surface area contributed by atoms with Crippen molar-refractivity contribution in [3.8, 4) is 0 Å². The summed E-state index contributed by atoms with van der Waals surface area (Å²) in [6, 6.07) is 8.58. The zero-order valence-electron chi connectivity index (χ0n) is 19.0. The van der Waals surface area contributed by atoms with Gasteiger partial charge >= 0.3 is 0 Å². The third-order valence-corrected chi connectivity index (χ3v) is 5.25. The van der Waals surface area contributed by atoms with Crippen molar-refractivity contribution in [1.82, 2.24) is 20.3 Å². The molecule has 5 N–H and O–H groups in total. The molecule has 0 aliphatic carbocycles. The molecule has 0 bridgehead atoms. The Kier molecular flexibility index (Phi) is 9.41. The molecule has 9 nitrogen and oxygen atoms in total.